The molecule has 0 aromatic heterocycles. The lowest BCUT2D eigenvalue weighted by Crippen LogP contribution is -2.78. The Morgan fingerprint density at radius 2 is 2.05 bits per heavy atom. The molecule has 3 fully saturated rings. The van der Waals surface area contributed by atoms with Crippen molar-refractivity contribution in [2.45, 2.75) is 44.9 Å². The van der Waals surface area contributed by atoms with Gasteiger partial charge in [0, 0.05) is 55.7 Å². The van der Waals surface area contributed by atoms with Gasteiger partial charge >= 0.3 is 0 Å². The van der Waals surface area contributed by atoms with Crippen molar-refractivity contribution < 1.29 is 4.74 Å². The van der Waals surface area contributed by atoms with Gasteiger partial charge < -0.3 is 15.4 Å². The molecule has 19 heavy (non-hydrogen) atoms. The number of likely N-dealkylation sites (N-methyl/N-ethyl adjacent to an activating group) is 1. The van der Waals surface area contributed by atoms with Crippen molar-refractivity contribution in [2.24, 2.45) is 17.1 Å². The summed E-state index contributed by atoms with van der Waals surface area (Å²) in [4.78, 5) is 5.01. The Morgan fingerprint density at radius 3 is 2.74 bits per heavy atom. The van der Waals surface area contributed by atoms with E-state index in [0.717, 1.165) is 39.2 Å². The van der Waals surface area contributed by atoms with Crippen LogP contribution in [0, 0.1) is 11.3 Å². The van der Waals surface area contributed by atoms with Gasteiger partial charge in [-0.3, -0.25) is 4.90 Å². The van der Waals surface area contributed by atoms with Crippen LogP contribution < -0.4 is 5.73 Å². The maximum atomic E-state index is 6.84. The van der Waals surface area contributed by atoms with E-state index in [4.69, 9.17) is 10.5 Å². The quantitative estimate of drug-likeness (QED) is 0.802. The number of nitrogens with zero attached hydrogens (tertiary/aromatic N) is 2. The minimum atomic E-state index is -0.0657. The fourth-order valence-electron chi connectivity index (χ4n) is 4.43. The normalized spacial score (nSPS) is 46.9. The van der Waals surface area contributed by atoms with Gasteiger partial charge in [-0.05, 0) is 20.4 Å². The fraction of sp³-hybridized carbons (Fsp3) is 1.00. The second kappa shape index (κ2) is 4.42. The molecule has 0 radical (unpaired) electrons. The maximum Gasteiger partial charge on any atom is 0.0691 e. The molecule has 4 nitrogen and oxygen atoms in total. The Labute approximate surface area is 117 Å². The van der Waals surface area contributed by atoms with Gasteiger partial charge in [0.05, 0.1) is 6.10 Å². The molecule has 2 saturated heterocycles. The molecule has 4 heteroatoms. The van der Waals surface area contributed by atoms with Crippen LogP contribution in [0.2, 0.25) is 0 Å². The molecule has 4 unspecified atom stereocenters. The van der Waals surface area contributed by atoms with Gasteiger partial charge in [0.25, 0.3) is 0 Å². The van der Waals surface area contributed by atoms with Crippen LogP contribution in [0.1, 0.15) is 27.2 Å². The highest BCUT2D eigenvalue weighted by molar-refractivity contribution is 5.21. The summed E-state index contributed by atoms with van der Waals surface area (Å²) >= 11 is 0. The average Bonchev–Trinajstić information content (AvgIpc) is 2.82. The monoisotopic (exact) mass is 267 g/mol. The Bertz CT molecular complexity index is 359. The number of fused-ring (bicyclic) bond motifs is 1. The van der Waals surface area contributed by atoms with Crippen LogP contribution in [-0.2, 0) is 4.74 Å². The van der Waals surface area contributed by atoms with E-state index in [-0.39, 0.29) is 11.0 Å². The lowest BCUT2D eigenvalue weighted by Gasteiger charge is -2.64. The smallest absolute Gasteiger partial charge is 0.0691 e. The van der Waals surface area contributed by atoms with E-state index in [1.807, 2.05) is 0 Å². The van der Waals surface area contributed by atoms with Crippen LogP contribution in [0.15, 0.2) is 0 Å². The van der Waals surface area contributed by atoms with E-state index < -0.39 is 0 Å². The highest BCUT2D eigenvalue weighted by Gasteiger charge is 2.67. The van der Waals surface area contributed by atoms with Gasteiger partial charge in [0.2, 0.25) is 0 Å². The third-order valence-corrected chi connectivity index (χ3v) is 6.19. The highest BCUT2D eigenvalue weighted by Crippen LogP contribution is 2.58. The van der Waals surface area contributed by atoms with E-state index in [0.29, 0.717) is 18.1 Å². The van der Waals surface area contributed by atoms with Crippen molar-refractivity contribution in [1.82, 2.24) is 9.80 Å². The predicted octanol–water partition coefficient (Wildman–Crippen LogP) is 0.765. The van der Waals surface area contributed by atoms with Crippen LogP contribution in [0.25, 0.3) is 0 Å². The Balaban J connectivity index is 1.69. The number of rotatable bonds is 2. The lowest BCUT2D eigenvalue weighted by atomic mass is 9.48. The van der Waals surface area contributed by atoms with Gasteiger partial charge in [0.15, 0.2) is 0 Å². The molecule has 0 aromatic rings. The van der Waals surface area contributed by atoms with Crippen molar-refractivity contribution in [2.75, 3.05) is 39.8 Å². The van der Waals surface area contributed by atoms with Gasteiger partial charge in [-0.2, -0.15) is 0 Å². The minimum absolute atomic E-state index is 0.0657. The maximum absolute atomic E-state index is 6.84. The lowest BCUT2D eigenvalue weighted by molar-refractivity contribution is -0.165. The van der Waals surface area contributed by atoms with Crippen molar-refractivity contribution in [3.05, 3.63) is 0 Å². The zero-order valence-corrected chi connectivity index (χ0v) is 12.9. The second-order valence-corrected chi connectivity index (χ2v) is 7.51. The molecule has 2 heterocycles. The average molecular weight is 267 g/mol. The number of ether oxygens (including phenoxy) is 1. The highest BCUT2D eigenvalue weighted by atomic mass is 16.5. The second-order valence-electron chi connectivity index (χ2n) is 7.51. The first-order chi connectivity index (χ1) is 8.86. The summed E-state index contributed by atoms with van der Waals surface area (Å²) in [5, 5.41) is 0. The minimum Gasteiger partial charge on any atom is -0.377 e. The molecule has 0 spiro atoms. The topological polar surface area (TPSA) is 41.7 Å². The standard InChI is InChI=1S/C15H29N3O/c1-11-9-18(7-6-17(11)4)10-15(16)12-5-8-19-13(12)14(15,2)3/h11-13H,5-10,16H2,1-4H3. The summed E-state index contributed by atoms with van der Waals surface area (Å²) in [7, 11) is 2.22. The molecule has 0 bridgehead atoms. The van der Waals surface area contributed by atoms with Crippen LogP contribution in [0.5, 0.6) is 0 Å². The van der Waals surface area contributed by atoms with Crippen LogP contribution in [0.4, 0.5) is 0 Å². The van der Waals surface area contributed by atoms with E-state index in [1.165, 1.54) is 0 Å². The first-order valence-corrected chi connectivity index (χ1v) is 7.69. The molecular weight excluding hydrogens is 238 g/mol. The molecule has 2 N–H and O–H groups in total. The largest absolute Gasteiger partial charge is 0.377 e. The molecule has 3 aliphatic rings. The SMILES string of the molecule is CC1CN(CC2(N)C3CCOC3C2(C)C)CCN1C. The summed E-state index contributed by atoms with van der Waals surface area (Å²) in [6.45, 7) is 12.3. The molecule has 3 rings (SSSR count). The Morgan fingerprint density at radius 1 is 1.32 bits per heavy atom. The molecule has 0 aromatic carbocycles. The number of piperazine rings is 1. The molecule has 2 aliphatic heterocycles. The van der Waals surface area contributed by atoms with Crippen molar-refractivity contribution in [3.63, 3.8) is 0 Å². The summed E-state index contributed by atoms with van der Waals surface area (Å²) in [6, 6.07) is 0.635. The number of hydrogen-bond acceptors (Lipinski definition) is 4. The van der Waals surface area contributed by atoms with Crippen molar-refractivity contribution in [3.8, 4) is 0 Å². The number of nitrogens with two attached hydrogens (primary N) is 1. The van der Waals surface area contributed by atoms with Crippen molar-refractivity contribution >= 4 is 0 Å². The van der Waals surface area contributed by atoms with E-state index in [9.17, 15) is 0 Å². The Kier molecular flexibility index (Phi) is 3.21. The third kappa shape index (κ3) is 1.88. The number of hydrogen-bond donors (Lipinski definition) is 1. The summed E-state index contributed by atoms with van der Waals surface area (Å²) in [5.41, 5.74) is 6.89. The zero-order valence-electron chi connectivity index (χ0n) is 12.9. The van der Waals surface area contributed by atoms with Crippen LogP contribution in [0.3, 0.4) is 0 Å². The molecule has 0 amide bonds. The van der Waals surface area contributed by atoms with Crippen molar-refractivity contribution in [1.29, 1.82) is 0 Å². The first kappa shape index (κ1) is 13.8. The molecule has 1 saturated carbocycles. The summed E-state index contributed by atoms with van der Waals surface area (Å²) < 4.78 is 5.88. The van der Waals surface area contributed by atoms with Crippen LogP contribution >= 0.6 is 0 Å². The van der Waals surface area contributed by atoms with Gasteiger partial charge in [-0.15, -0.1) is 0 Å². The van der Waals surface area contributed by atoms with Gasteiger partial charge in [-0.25, -0.2) is 0 Å². The summed E-state index contributed by atoms with van der Waals surface area (Å²) in [5.74, 6) is 0.567. The third-order valence-electron chi connectivity index (χ3n) is 6.19. The molecule has 4 atom stereocenters. The van der Waals surface area contributed by atoms with Gasteiger partial charge in [0.1, 0.15) is 0 Å². The van der Waals surface area contributed by atoms with E-state index >= 15 is 0 Å². The molecular formula is C15H29N3O. The van der Waals surface area contributed by atoms with Gasteiger partial charge in [-0.1, -0.05) is 13.8 Å². The van der Waals surface area contributed by atoms with E-state index in [2.05, 4.69) is 37.6 Å². The molecule has 110 valence electrons. The summed E-state index contributed by atoms with van der Waals surface area (Å²) in [6.07, 6.45) is 1.54. The van der Waals surface area contributed by atoms with Crippen LogP contribution in [-0.4, -0.2) is 67.3 Å². The fourth-order valence-corrected chi connectivity index (χ4v) is 4.43. The Hall–Kier alpha value is -0.160. The molecule has 1 aliphatic carbocycles. The first-order valence-electron chi connectivity index (χ1n) is 7.69. The zero-order chi connectivity index (χ0) is 13.8. The van der Waals surface area contributed by atoms with E-state index in [1.54, 1.807) is 0 Å². The predicted molar refractivity (Wildman–Crippen MR) is 77.1 cm³/mol.